The number of sulfonamides is 1. The Balaban J connectivity index is 2.31. The van der Waals surface area contributed by atoms with Gasteiger partial charge >= 0.3 is 0 Å². The first-order chi connectivity index (χ1) is 9.90. The molecule has 0 aliphatic heterocycles. The van der Waals surface area contributed by atoms with Gasteiger partial charge in [-0.2, -0.15) is 8.42 Å². The van der Waals surface area contributed by atoms with Crippen molar-refractivity contribution in [3.05, 3.63) is 60.2 Å². The smallest absolute Gasteiger partial charge is 0.285 e. The van der Waals surface area contributed by atoms with Gasteiger partial charge in [0.2, 0.25) is 5.96 Å². The van der Waals surface area contributed by atoms with Crippen molar-refractivity contribution in [2.24, 2.45) is 10.1 Å². The molecule has 21 heavy (non-hydrogen) atoms. The van der Waals surface area contributed by atoms with Crippen LogP contribution in [0.4, 0.5) is 5.69 Å². The average molecular weight is 303 g/mol. The first kappa shape index (κ1) is 15.1. The van der Waals surface area contributed by atoms with Crippen LogP contribution in [0.15, 0.2) is 63.9 Å². The second-order valence-corrected chi connectivity index (χ2v) is 6.24. The molecule has 2 aromatic rings. The lowest BCUT2D eigenvalue weighted by molar-refractivity contribution is 0.598. The number of hydrogen-bond donors (Lipinski definition) is 1. The number of nitrogens with two attached hydrogens (primary N) is 1. The van der Waals surface area contributed by atoms with E-state index in [0.29, 0.717) is 0 Å². The number of hydrogen-bond acceptors (Lipinski definition) is 2. The Morgan fingerprint density at radius 3 is 2.19 bits per heavy atom. The lowest BCUT2D eigenvalue weighted by atomic mass is 10.2. The zero-order valence-corrected chi connectivity index (χ0v) is 12.7. The number of anilines is 1. The maximum atomic E-state index is 12.2. The molecule has 0 heterocycles. The normalized spacial score (nSPS) is 12.2. The first-order valence-electron chi connectivity index (χ1n) is 6.36. The van der Waals surface area contributed by atoms with Gasteiger partial charge in [-0.1, -0.05) is 35.9 Å². The summed E-state index contributed by atoms with van der Waals surface area (Å²) in [6.45, 7) is 1.89. The monoisotopic (exact) mass is 303 g/mol. The van der Waals surface area contributed by atoms with Gasteiger partial charge in [0.25, 0.3) is 10.0 Å². The highest BCUT2D eigenvalue weighted by atomic mass is 32.2. The van der Waals surface area contributed by atoms with E-state index in [-0.39, 0.29) is 10.9 Å². The minimum atomic E-state index is -3.81. The van der Waals surface area contributed by atoms with Crippen molar-refractivity contribution in [1.29, 1.82) is 0 Å². The van der Waals surface area contributed by atoms with Crippen LogP contribution in [0.25, 0.3) is 0 Å². The topological polar surface area (TPSA) is 75.8 Å². The van der Waals surface area contributed by atoms with E-state index < -0.39 is 10.0 Å². The van der Waals surface area contributed by atoms with Gasteiger partial charge in [-0.15, -0.1) is 4.40 Å². The van der Waals surface area contributed by atoms with E-state index in [1.54, 1.807) is 19.2 Å². The third-order valence-corrected chi connectivity index (χ3v) is 4.31. The summed E-state index contributed by atoms with van der Waals surface area (Å²) in [4.78, 5) is 1.64. The molecule has 0 saturated heterocycles. The van der Waals surface area contributed by atoms with Crippen LogP contribution in [0.1, 0.15) is 5.56 Å². The maximum absolute atomic E-state index is 12.2. The molecule has 0 aliphatic carbocycles. The molecule has 0 aromatic heterocycles. The van der Waals surface area contributed by atoms with Crippen molar-refractivity contribution in [3.63, 3.8) is 0 Å². The van der Waals surface area contributed by atoms with Crippen molar-refractivity contribution in [3.8, 4) is 0 Å². The van der Waals surface area contributed by atoms with Crippen LogP contribution < -0.4 is 10.6 Å². The fourth-order valence-electron chi connectivity index (χ4n) is 1.73. The van der Waals surface area contributed by atoms with Crippen molar-refractivity contribution in [2.75, 3.05) is 11.9 Å². The predicted molar refractivity (Wildman–Crippen MR) is 84.8 cm³/mol. The van der Waals surface area contributed by atoms with Gasteiger partial charge in [-0.25, -0.2) is 0 Å². The number of benzene rings is 2. The molecular weight excluding hydrogens is 286 g/mol. The Morgan fingerprint density at radius 1 is 1.05 bits per heavy atom. The van der Waals surface area contributed by atoms with E-state index in [0.717, 1.165) is 11.3 Å². The van der Waals surface area contributed by atoms with Crippen LogP contribution in [-0.2, 0) is 10.0 Å². The lowest BCUT2D eigenvalue weighted by Crippen LogP contribution is -2.34. The summed E-state index contributed by atoms with van der Waals surface area (Å²) in [5.74, 6) is -0.0817. The number of rotatable bonds is 3. The molecule has 5 nitrogen and oxygen atoms in total. The molecule has 0 spiro atoms. The molecule has 0 amide bonds. The minimum Gasteiger partial charge on any atom is -0.369 e. The average Bonchev–Trinajstić information content (AvgIpc) is 2.47. The van der Waals surface area contributed by atoms with Gasteiger partial charge in [-0.3, -0.25) is 0 Å². The minimum absolute atomic E-state index is 0.0817. The van der Waals surface area contributed by atoms with Crippen LogP contribution >= 0.6 is 0 Å². The molecule has 0 aliphatic rings. The highest BCUT2D eigenvalue weighted by Crippen LogP contribution is 2.15. The molecule has 0 saturated carbocycles. The molecule has 110 valence electrons. The molecule has 2 rings (SSSR count). The standard InChI is InChI=1S/C15H17N3O2S/c1-12-8-10-14(11-9-12)21(19,20)17-15(16)18(2)13-6-4-3-5-7-13/h3-11H,1-2H3,(H2,16,17). The van der Waals surface area contributed by atoms with E-state index in [4.69, 9.17) is 5.73 Å². The van der Waals surface area contributed by atoms with Crippen LogP contribution in [0, 0.1) is 6.92 Å². The van der Waals surface area contributed by atoms with Crippen molar-refractivity contribution in [1.82, 2.24) is 0 Å². The summed E-state index contributed by atoms with van der Waals surface area (Å²) in [5.41, 5.74) is 7.54. The molecule has 2 N–H and O–H groups in total. The van der Waals surface area contributed by atoms with Gasteiger partial charge in [0.1, 0.15) is 0 Å². The fraction of sp³-hybridized carbons (Fsp3) is 0.133. The van der Waals surface area contributed by atoms with Crippen LogP contribution in [-0.4, -0.2) is 21.4 Å². The van der Waals surface area contributed by atoms with Crippen LogP contribution in [0.5, 0.6) is 0 Å². The highest BCUT2D eigenvalue weighted by Gasteiger charge is 2.15. The third kappa shape index (κ3) is 3.61. The zero-order chi connectivity index (χ0) is 15.5. The summed E-state index contributed by atoms with van der Waals surface area (Å²) < 4.78 is 28.1. The molecular formula is C15H17N3O2S. The number of nitrogens with zero attached hydrogens (tertiary/aromatic N) is 2. The number of aryl methyl sites for hydroxylation is 1. The first-order valence-corrected chi connectivity index (χ1v) is 7.80. The maximum Gasteiger partial charge on any atom is 0.285 e. The summed E-state index contributed by atoms with van der Waals surface area (Å²) in [6, 6.07) is 15.7. The predicted octanol–water partition coefficient (Wildman–Crippen LogP) is 2.13. The Morgan fingerprint density at radius 2 is 1.62 bits per heavy atom. The second-order valence-electron chi connectivity index (χ2n) is 4.63. The van der Waals surface area contributed by atoms with Crippen molar-refractivity contribution >= 4 is 21.7 Å². The third-order valence-electron chi connectivity index (χ3n) is 3.02. The van der Waals surface area contributed by atoms with Gasteiger partial charge in [0, 0.05) is 12.7 Å². The van der Waals surface area contributed by atoms with Crippen LogP contribution in [0.3, 0.4) is 0 Å². The number of para-hydroxylation sites is 1. The summed E-state index contributed by atoms with van der Waals surface area (Å²) in [6.07, 6.45) is 0. The molecule has 0 fully saturated rings. The molecule has 0 radical (unpaired) electrons. The van der Waals surface area contributed by atoms with E-state index in [1.165, 1.54) is 17.0 Å². The molecule has 2 aromatic carbocycles. The van der Waals surface area contributed by atoms with Gasteiger partial charge in [0.05, 0.1) is 4.90 Å². The zero-order valence-electron chi connectivity index (χ0n) is 11.9. The van der Waals surface area contributed by atoms with Crippen molar-refractivity contribution < 1.29 is 8.42 Å². The van der Waals surface area contributed by atoms with E-state index in [1.807, 2.05) is 37.3 Å². The van der Waals surface area contributed by atoms with E-state index in [9.17, 15) is 8.42 Å². The van der Waals surface area contributed by atoms with Gasteiger partial charge < -0.3 is 10.6 Å². The lowest BCUT2D eigenvalue weighted by Gasteiger charge is -2.17. The Bertz CT molecular complexity index is 738. The van der Waals surface area contributed by atoms with Gasteiger partial charge in [0.15, 0.2) is 0 Å². The Labute approximate surface area is 124 Å². The number of guanidine groups is 1. The largest absolute Gasteiger partial charge is 0.369 e. The van der Waals surface area contributed by atoms with E-state index in [2.05, 4.69) is 4.40 Å². The van der Waals surface area contributed by atoms with Crippen molar-refractivity contribution in [2.45, 2.75) is 11.8 Å². The summed E-state index contributed by atoms with van der Waals surface area (Å²) in [5, 5.41) is 0. The van der Waals surface area contributed by atoms with Gasteiger partial charge in [-0.05, 0) is 31.2 Å². The summed E-state index contributed by atoms with van der Waals surface area (Å²) in [7, 11) is -2.14. The highest BCUT2D eigenvalue weighted by molar-refractivity contribution is 7.90. The Hall–Kier alpha value is -2.34. The SMILES string of the molecule is Cc1ccc(S(=O)(=O)N=C(N)N(C)c2ccccc2)cc1. The fourth-order valence-corrected chi connectivity index (χ4v) is 2.69. The molecule has 0 unspecified atom stereocenters. The van der Waals surface area contributed by atoms with Crippen LogP contribution in [0.2, 0.25) is 0 Å². The molecule has 0 atom stereocenters. The molecule has 6 heteroatoms. The molecule has 0 bridgehead atoms. The summed E-state index contributed by atoms with van der Waals surface area (Å²) >= 11 is 0. The Kier molecular flexibility index (Phi) is 4.28. The van der Waals surface area contributed by atoms with E-state index >= 15 is 0 Å². The second kappa shape index (κ2) is 5.97. The quantitative estimate of drug-likeness (QED) is 0.696.